The second kappa shape index (κ2) is 8.45. The van der Waals surface area contributed by atoms with Gasteiger partial charge in [-0.3, -0.25) is 14.2 Å². The molecule has 6 nitrogen and oxygen atoms in total. The summed E-state index contributed by atoms with van der Waals surface area (Å²) in [6, 6.07) is 16.3. The molecule has 2 N–H and O–H groups in total. The number of phenols is 1. The zero-order valence-electron chi connectivity index (χ0n) is 16.5. The van der Waals surface area contributed by atoms with Crippen LogP contribution < -0.4 is 10.3 Å². The van der Waals surface area contributed by atoms with Crippen molar-refractivity contribution in [3.05, 3.63) is 87.8 Å². The number of hydrogen-bond acceptors (Lipinski definition) is 4. The van der Waals surface area contributed by atoms with E-state index in [0.29, 0.717) is 12.4 Å². The molecule has 1 aromatic heterocycles. The number of ether oxygens (including phenoxy) is 1. The fourth-order valence-corrected chi connectivity index (χ4v) is 4.10. The van der Waals surface area contributed by atoms with Crippen molar-refractivity contribution in [1.82, 2.24) is 4.57 Å². The molecule has 6 heteroatoms. The number of carboxylic acid groups (broad SMARTS) is 1. The van der Waals surface area contributed by atoms with Gasteiger partial charge in [-0.05, 0) is 48.6 Å². The maximum atomic E-state index is 11.8. The SMILES string of the molecule is O=C(O)CC1COc2cc(O)ccc21.O=c1ccccn1-c1cccc2c1CCC2. The number of fused-ring (bicyclic) bond motifs is 2. The van der Waals surface area contributed by atoms with Crippen molar-refractivity contribution in [1.29, 1.82) is 0 Å². The van der Waals surface area contributed by atoms with Gasteiger partial charge < -0.3 is 14.9 Å². The Kier molecular flexibility index (Phi) is 5.57. The van der Waals surface area contributed by atoms with Crippen LogP contribution in [0.5, 0.6) is 11.5 Å². The number of carboxylic acids is 1. The van der Waals surface area contributed by atoms with E-state index in [9.17, 15) is 9.59 Å². The van der Waals surface area contributed by atoms with E-state index in [4.69, 9.17) is 14.9 Å². The van der Waals surface area contributed by atoms with Crippen molar-refractivity contribution in [3.8, 4) is 17.2 Å². The second-order valence-corrected chi connectivity index (χ2v) is 7.51. The molecule has 30 heavy (non-hydrogen) atoms. The Morgan fingerprint density at radius 3 is 2.77 bits per heavy atom. The lowest BCUT2D eigenvalue weighted by Crippen LogP contribution is -2.16. The fraction of sp³-hybridized carbons (Fsp3) is 0.250. The molecule has 1 unspecified atom stereocenters. The van der Waals surface area contributed by atoms with Crippen LogP contribution in [0.4, 0.5) is 0 Å². The quantitative estimate of drug-likeness (QED) is 0.694. The van der Waals surface area contributed by atoms with E-state index in [-0.39, 0.29) is 23.6 Å². The Bertz CT molecular complexity index is 1130. The number of rotatable bonds is 3. The first-order chi connectivity index (χ1) is 14.5. The van der Waals surface area contributed by atoms with Crippen LogP contribution in [0, 0.1) is 0 Å². The fourth-order valence-electron chi connectivity index (χ4n) is 4.10. The molecule has 0 spiro atoms. The number of carbonyl (C=O) groups is 1. The van der Waals surface area contributed by atoms with Gasteiger partial charge in [-0.15, -0.1) is 0 Å². The van der Waals surface area contributed by atoms with Gasteiger partial charge in [0.25, 0.3) is 5.56 Å². The maximum absolute atomic E-state index is 11.8. The molecule has 0 saturated carbocycles. The molecule has 2 aliphatic rings. The van der Waals surface area contributed by atoms with Crippen LogP contribution >= 0.6 is 0 Å². The number of hydrogen-bond donors (Lipinski definition) is 2. The normalized spacial score (nSPS) is 16.1. The summed E-state index contributed by atoms with van der Waals surface area (Å²) in [5.41, 5.74) is 4.71. The van der Waals surface area contributed by atoms with Gasteiger partial charge in [-0.25, -0.2) is 0 Å². The van der Waals surface area contributed by atoms with Crippen molar-refractivity contribution >= 4 is 5.97 Å². The monoisotopic (exact) mass is 405 g/mol. The van der Waals surface area contributed by atoms with Crippen LogP contribution in [0.3, 0.4) is 0 Å². The number of aromatic hydroxyl groups is 1. The van der Waals surface area contributed by atoms with Gasteiger partial charge in [-0.2, -0.15) is 0 Å². The molecule has 1 atom stereocenters. The molecule has 0 radical (unpaired) electrons. The molecule has 3 aromatic rings. The number of phenolic OH excluding ortho intramolecular Hbond substituents is 1. The molecule has 0 bridgehead atoms. The van der Waals surface area contributed by atoms with Crippen molar-refractivity contribution in [2.45, 2.75) is 31.6 Å². The third-order valence-electron chi connectivity index (χ3n) is 5.50. The molecule has 5 rings (SSSR count). The number of pyridine rings is 1. The minimum absolute atomic E-state index is 0.0443. The summed E-state index contributed by atoms with van der Waals surface area (Å²) in [5.74, 6) is -0.196. The summed E-state index contributed by atoms with van der Waals surface area (Å²) >= 11 is 0. The zero-order valence-corrected chi connectivity index (χ0v) is 16.5. The molecule has 2 heterocycles. The van der Waals surface area contributed by atoms with Crippen LogP contribution in [0.25, 0.3) is 5.69 Å². The molecule has 1 aliphatic carbocycles. The van der Waals surface area contributed by atoms with Crippen LogP contribution in [0.1, 0.15) is 35.4 Å². The van der Waals surface area contributed by atoms with E-state index >= 15 is 0 Å². The van der Waals surface area contributed by atoms with Gasteiger partial charge in [-0.1, -0.05) is 24.3 Å². The summed E-state index contributed by atoms with van der Waals surface area (Å²) in [6.45, 7) is 0.380. The van der Waals surface area contributed by atoms with Gasteiger partial charge in [0.05, 0.1) is 18.7 Å². The van der Waals surface area contributed by atoms with E-state index in [2.05, 4.69) is 6.07 Å². The van der Waals surface area contributed by atoms with Crippen LogP contribution in [0.2, 0.25) is 0 Å². The first-order valence-corrected chi connectivity index (χ1v) is 9.99. The van der Waals surface area contributed by atoms with E-state index in [0.717, 1.165) is 24.1 Å². The minimum atomic E-state index is -0.834. The molecule has 1 aliphatic heterocycles. The number of nitrogens with zero attached hydrogens (tertiary/aromatic N) is 1. The second-order valence-electron chi connectivity index (χ2n) is 7.51. The van der Waals surface area contributed by atoms with Crippen molar-refractivity contribution < 1.29 is 19.7 Å². The largest absolute Gasteiger partial charge is 0.508 e. The third kappa shape index (κ3) is 4.08. The average Bonchev–Trinajstić information content (AvgIpc) is 3.35. The Morgan fingerprint density at radius 1 is 1.10 bits per heavy atom. The Hall–Kier alpha value is -3.54. The molecule has 0 fully saturated rings. The lowest BCUT2D eigenvalue weighted by molar-refractivity contribution is -0.137. The minimum Gasteiger partial charge on any atom is -0.508 e. The summed E-state index contributed by atoms with van der Waals surface area (Å²) in [4.78, 5) is 22.3. The van der Waals surface area contributed by atoms with Crippen molar-refractivity contribution in [2.24, 2.45) is 0 Å². The number of aliphatic carboxylic acids is 1. The molecular weight excluding hydrogens is 382 g/mol. The summed E-state index contributed by atoms with van der Waals surface area (Å²) in [5, 5.41) is 17.8. The first-order valence-electron chi connectivity index (χ1n) is 9.99. The number of aryl methyl sites for hydroxylation is 1. The van der Waals surface area contributed by atoms with E-state index in [1.807, 2.05) is 24.4 Å². The predicted molar refractivity (Wildman–Crippen MR) is 113 cm³/mol. The van der Waals surface area contributed by atoms with Gasteiger partial charge in [0, 0.05) is 29.8 Å². The molecule has 0 saturated heterocycles. The maximum Gasteiger partial charge on any atom is 0.304 e. The van der Waals surface area contributed by atoms with Crippen LogP contribution in [-0.4, -0.2) is 27.4 Å². The van der Waals surface area contributed by atoms with E-state index in [1.54, 1.807) is 28.8 Å². The van der Waals surface area contributed by atoms with Crippen molar-refractivity contribution in [3.63, 3.8) is 0 Å². The Morgan fingerprint density at radius 2 is 1.97 bits per heavy atom. The summed E-state index contributed by atoms with van der Waals surface area (Å²) in [7, 11) is 0. The smallest absolute Gasteiger partial charge is 0.304 e. The summed E-state index contributed by atoms with van der Waals surface area (Å²) in [6.07, 6.45) is 5.35. The van der Waals surface area contributed by atoms with E-state index in [1.165, 1.54) is 23.6 Å². The molecule has 2 aromatic carbocycles. The van der Waals surface area contributed by atoms with Gasteiger partial charge >= 0.3 is 5.97 Å². The van der Waals surface area contributed by atoms with Gasteiger partial charge in [0.1, 0.15) is 11.5 Å². The highest BCUT2D eigenvalue weighted by Crippen LogP contribution is 2.37. The molecular formula is C24H23NO5. The van der Waals surface area contributed by atoms with Crippen LogP contribution in [0.15, 0.2) is 65.6 Å². The van der Waals surface area contributed by atoms with Crippen molar-refractivity contribution in [2.75, 3.05) is 6.61 Å². The van der Waals surface area contributed by atoms with Gasteiger partial charge in [0.15, 0.2) is 0 Å². The highest BCUT2D eigenvalue weighted by Gasteiger charge is 2.26. The lowest BCUT2D eigenvalue weighted by Gasteiger charge is -2.10. The highest BCUT2D eigenvalue weighted by molar-refractivity contribution is 5.68. The number of benzene rings is 2. The van der Waals surface area contributed by atoms with E-state index < -0.39 is 5.97 Å². The number of aromatic nitrogens is 1. The first kappa shape index (κ1) is 19.8. The topological polar surface area (TPSA) is 88.8 Å². The standard InChI is InChI=1S/C14H13NO.C10H10O4/c16-14-9-1-2-10-15(14)13-8-4-6-11-5-3-7-12(11)13;11-7-1-2-8-6(3-10(12)13)5-14-9(8)4-7/h1-2,4,6,8-10H,3,5,7H2;1-2,4,6,11H,3,5H2,(H,12,13). The average molecular weight is 405 g/mol. The molecule has 154 valence electrons. The van der Waals surface area contributed by atoms with Crippen LogP contribution in [-0.2, 0) is 17.6 Å². The Labute approximate surface area is 174 Å². The summed E-state index contributed by atoms with van der Waals surface area (Å²) < 4.78 is 7.01. The third-order valence-corrected chi connectivity index (χ3v) is 5.50. The lowest BCUT2D eigenvalue weighted by atomic mass is 9.98. The zero-order chi connectivity index (χ0) is 21.1. The molecule has 0 amide bonds. The van der Waals surface area contributed by atoms with Gasteiger partial charge in [0.2, 0.25) is 0 Å². The Balaban J connectivity index is 0.000000147. The highest BCUT2D eigenvalue weighted by atomic mass is 16.5. The predicted octanol–water partition coefficient (Wildman–Crippen LogP) is 3.67.